The zero-order chi connectivity index (χ0) is 15.6. The highest BCUT2D eigenvalue weighted by Crippen LogP contribution is 2.36. The fraction of sp³-hybridized carbons (Fsp3) is 0.0500. The van der Waals surface area contributed by atoms with E-state index in [9.17, 15) is 4.39 Å². The molecule has 0 N–H and O–H groups in total. The van der Waals surface area contributed by atoms with Crippen LogP contribution in [0, 0.1) is 5.82 Å². The van der Waals surface area contributed by atoms with Crippen LogP contribution in [0.1, 0.15) is 22.1 Å². The van der Waals surface area contributed by atoms with E-state index < -0.39 is 0 Å². The SMILES string of the molecule is Fc1ccc(C(c2ccccc2)c2nc3ccccc3s2)cc1. The van der Waals surface area contributed by atoms with E-state index in [0.29, 0.717) is 0 Å². The molecule has 0 bridgehead atoms. The molecular weight excluding hydrogens is 305 g/mol. The number of fused-ring (bicyclic) bond motifs is 1. The summed E-state index contributed by atoms with van der Waals surface area (Å²) in [6.07, 6.45) is 0. The lowest BCUT2D eigenvalue weighted by atomic mass is 9.92. The van der Waals surface area contributed by atoms with Crippen LogP contribution in [0.5, 0.6) is 0 Å². The Bertz CT molecular complexity index is 896. The van der Waals surface area contributed by atoms with Gasteiger partial charge in [-0.2, -0.15) is 0 Å². The summed E-state index contributed by atoms with van der Waals surface area (Å²) < 4.78 is 14.5. The van der Waals surface area contributed by atoms with Crippen molar-refractivity contribution < 1.29 is 4.39 Å². The summed E-state index contributed by atoms with van der Waals surface area (Å²) in [5.74, 6) is -0.195. The van der Waals surface area contributed by atoms with Crippen LogP contribution in [0.2, 0.25) is 0 Å². The number of halogens is 1. The van der Waals surface area contributed by atoms with Gasteiger partial charge in [0.05, 0.1) is 16.1 Å². The molecule has 1 nitrogen and oxygen atoms in total. The largest absolute Gasteiger partial charge is 0.240 e. The van der Waals surface area contributed by atoms with Gasteiger partial charge in [-0.3, -0.25) is 0 Å². The number of rotatable bonds is 3. The van der Waals surface area contributed by atoms with Gasteiger partial charge >= 0.3 is 0 Å². The minimum Gasteiger partial charge on any atom is -0.240 e. The summed E-state index contributed by atoms with van der Waals surface area (Å²) in [4.78, 5) is 4.81. The van der Waals surface area contributed by atoms with E-state index in [4.69, 9.17) is 4.98 Å². The number of thiazole rings is 1. The molecule has 1 heterocycles. The molecule has 112 valence electrons. The van der Waals surface area contributed by atoms with Crippen molar-refractivity contribution in [1.82, 2.24) is 4.98 Å². The molecule has 0 fully saturated rings. The van der Waals surface area contributed by atoms with E-state index in [1.807, 2.05) is 48.5 Å². The molecule has 0 saturated carbocycles. The van der Waals surface area contributed by atoms with Crippen molar-refractivity contribution in [2.24, 2.45) is 0 Å². The first kappa shape index (κ1) is 14.1. The van der Waals surface area contributed by atoms with E-state index in [1.165, 1.54) is 16.8 Å². The summed E-state index contributed by atoms with van der Waals surface area (Å²) in [6, 6.07) is 25.1. The van der Waals surface area contributed by atoms with Crippen molar-refractivity contribution in [2.45, 2.75) is 5.92 Å². The van der Waals surface area contributed by atoms with Crippen LogP contribution in [0.4, 0.5) is 4.39 Å². The lowest BCUT2D eigenvalue weighted by Gasteiger charge is -2.15. The second-order valence-electron chi connectivity index (χ2n) is 5.42. The molecule has 0 amide bonds. The number of benzene rings is 3. The second kappa shape index (κ2) is 5.94. The molecule has 1 aromatic heterocycles. The molecule has 0 saturated heterocycles. The van der Waals surface area contributed by atoms with Crippen LogP contribution in [0.25, 0.3) is 10.2 Å². The van der Waals surface area contributed by atoms with Gasteiger partial charge in [0.1, 0.15) is 10.8 Å². The molecule has 3 aromatic carbocycles. The number of hydrogen-bond donors (Lipinski definition) is 0. The Morgan fingerprint density at radius 1 is 0.739 bits per heavy atom. The van der Waals surface area contributed by atoms with Crippen molar-refractivity contribution in [3.8, 4) is 0 Å². The van der Waals surface area contributed by atoms with Crippen molar-refractivity contribution in [1.29, 1.82) is 0 Å². The monoisotopic (exact) mass is 319 g/mol. The average molecular weight is 319 g/mol. The molecule has 4 aromatic rings. The molecule has 23 heavy (non-hydrogen) atoms. The van der Waals surface area contributed by atoms with E-state index in [2.05, 4.69) is 18.2 Å². The second-order valence-corrected chi connectivity index (χ2v) is 6.48. The number of nitrogens with zero attached hydrogens (tertiary/aromatic N) is 1. The maximum absolute atomic E-state index is 13.3. The van der Waals surface area contributed by atoms with Crippen molar-refractivity contribution in [3.05, 3.63) is 101 Å². The molecule has 0 aliphatic heterocycles. The Labute approximate surface area is 138 Å². The maximum atomic E-state index is 13.3. The van der Waals surface area contributed by atoms with Gasteiger partial charge in [-0.05, 0) is 35.4 Å². The minimum absolute atomic E-state index is 0.0224. The predicted molar refractivity (Wildman–Crippen MR) is 93.4 cm³/mol. The maximum Gasteiger partial charge on any atom is 0.123 e. The molecule has 1 unspecified atom stereocenters. The van der Waals surface area contributed by atoms with E-state index in [1.54, 1.807) is 11.3 Å². The quantitative estimate of drug-likeness (QED) is 0.478. The molecule has 3 heteroatoms. The molecule has 0 aliphatic carbocycles. The number of aromatic nitrogens is 1. The summed E-state index contributed by atoms with van der Waals surface area (Å²) in [5.41, 5.74) is 3.23. The molecule has 0 radical (unpaired) electrons. The minimum atomic E-state index is -0.218. The van der Waals surface area contributed by atoms with Gasteiger partial charge in [0.2, 0.25) is 0 Å². The number of para-hydroxylation sites is 1. The highest BCUT2D eigenvalue weighted by molar-refractivity contribution is 7.18. The van der Waals surface area contributed by atoms with Crippen LogP contribution in [-0.2, 0) is 0 Å². The van der Waals surface area contributed by atoms with Gasteiger partial charge in [-0.25, -0.2) is 9.37 Å². The van der Waals surface area contributed by atoms with Gasteiger partial charge in [0.25, 0.3) is 0 Å². The first-order chi connectivity index (χ1) is 11.3. The topological polar surface area (TPSA) is 12.9 Å². The summed E-state index contributed by atoms with van der Waals surface area (Å²) in [5, 5.41) is 1.03. The van der Waals surface area contributed by atoms with Gasteiger partial charge < -0.3 is 0 Å². The predicted octanol–water partition coefficient (Wildman–Crippen LogP) is 5.62. The first-order valence-corrected chi connectivity index (χ1v) is 8.29. The van der Waals surface area contributed by atoms with Crippen molar-refractivity contribution in [2.75, 3.05) is 0 Å². The Balaban J connectivity index is 1.89. The van der Waals surface area contributed by atoms with Gasteiger partial charge in [0.15, 0.2) is 0 Å². The highest BCUT2D eigenvalue weighted by Gasteiger charge is 2.20. The third kappa shape index (κ3) is 2.76. The van der Waals surface area contributed by atoms with Crippen LogP contribution in [0.15, 0.2) is 78.9 Å². The van der Waals surface area contributed by atoms with Gasteiger partial charge in [0, 0.05) is 0 Å². The van der Waals surface area contributed by atoms with Gasteiger partial charge in [-0.1, -0.05) is 54.6 Å². The van der Waals surface area contributed by atoms with Crippen LogP contribution >= 0.6 is 11.3 Å². The molecule has 0 aliphatic rings. The molecular formula is C20H14FNS. The zero-order valence-electron chi connectivity index (χ0n) is 12.3. The Morgan fingerprint density at radius 2 is 1.39 bits per heavy atom. The number of hydrogen-bond acceptors (Lipinski definition) is 2. The molecule has 1 atom stereocenters. The van der Waals surface area contributed by atoms with E-state index in [-0.39, 0.29) is 11.7 Å². The third-order valence-corrected chi connectivity index (χ3v) is 4.99. The van der Waals surface area contributed by atoms with Crippen molar-refractivity contribution >= 4 is 21.6 Å². The van der Waals surface area contributed by atoms with Crippen LogP contribution in [-0.4, -0.2) is 4.98 Å². The zero-order valence-corrected chi connectivity index (χ0v) is 13.1. The van der Waals surface area contributed by atoms with Crippen LogP contribution in [0.3, 0.4) is 0 Å². The standard InChI is InChI=1S/C20H14FNS/c21-16-12-10-15(11-13-16)19(14-6-2-1-3-7-14)20-22-17-8-4-5-9-18(17)23-20/h1-13,19H. The fourth-order valence-corrected chi connectivity index (χ4v) is 3.92. The van der Waals surface area contributed by atoms with Gasteiger partial charge in [-0.15, -0.1) is 11.3 Å². The third-order valence-electron chi connectivity index (χ3n) is 3.89. The Morgan fingerprint density at radius 3 is 2.13 bits per heavy atom. The molecule has 4 rings (SSSR count). The molecule has 0 spiro atoms. The average Bonchev–Trinajstić information content (AvgIpc) is 3.01. The Hall–Kier alpha value is -2.52. The van der Waals surface area contributed by atoms with E-state index in [0.717, 1.165) is 21.7 Å². The Kier molecular flexibility index (Phi) is 3.64. The highest BCUT2D eigenvalue weighted by atomic mass is 32.1. The summed E-state index contributed by atoms with van der Waals surface area (Å²) in [6.45, 7) is 0. The van der Waals surface area contributed by atoms with Crippen molar-refractivity contribution in [3.63, 3.8) is 0 Å². The van der Waals surface area contributed by atoms with Crippen LogP contribution < -0.4 is 0 Å². The smallest absolute Gasteiger partial charge is 0.123 e. The lowest BCUT2D eigenvalue weighted by molar-refractivity contribution is 0.627. The lowest BCUT2D eigenvalue weighted by Crippen LogP contribution is -2.02. The summed E-state index contributed by atoms with van der Waals surface area (Å²) >= 11 is 1.69. The van der Waals surface area contributed by atoms with E-state index >= 15 is 0 Å². The fourth-order valence-electron chi connectivity index (χ4n) is 2.79. The first-order valence-electron chi connectivity index (χ1n) is 7.47. The normalized spacial score (nSPS) is 12.4. The summed E-state index contributed by atoms with van der Waals surface area (Å²) in [7, 11) is 0.